The van der Waals surface area contributed by atoms with Gasteiger partial charge in [-0.2, -0.15) is 0 Å². The molecule has 4 saturated carbocycles. The topological polar surface area (TPSA) is 74.3 Å². The summed E-state index contributed by atoms with van der Waals surface area (Å²) in [7, 11) is 0. The van der Waals surface area contributed by atoms with Crippen molar-refractivity contribution < 1.29 is 23.5 Å². The number of carbonyl (C=O) groups is 2. The van der Waals surface area contributed by atoms with Crippen molar-refractivity contribution in [1.29, 1.82) is 0 Å². The monoisotopic (exact) mass is 699 g/mol. The van der Waals surface area contributed by atoms with Gasteiger partial charge in [0.1, 0.15) is 13.1 Å². The largest absolute Gasteiger partial charge is 0.353 e. The molecule has 4 aliphatic carbocycles. The zero-order valence-corrected chi connectivity index (χ0v) is 31.7. The molecule has 0 aromatic heterocycles. The summed E-state index contributed by atoms with van der Waals surface area (Å²) in [6, 6.07) is 0.716. The van der Waals surface area contributed by atoms with Crippen LogP contribution in [0.25, 0.3) is 0 Å². The Morgan fingerprint density at radius 1 is 0.840 bits per heavy atom. The molecule has 0 bridgehead atoms. The first-order valence-electron chi connectivity index (χ1n) is 20.9. The van der Waals surface area contributed by atoms with Crippen molar-refractivity contribution in [3.05, 3.63) is 0 Å². The van der Waals surface area contributed by atoms with Gasteiger partial charge in [0.25, 0.3) is 0 Å². The van der Waals surface area contributed by atoms with Gasteiger partial charge in [-0.3, -0.25) is 14.5 Å². The molecule has 1 unspecified atom stereocenters. The number of amides is 2. The molecule has 4 saturated heterocycles. The molecule has 9 heteroatoms. The summed E-state index contributed by atoms with van der Waals surface area (Å²) in [5.74, 6) is 4.23. The Hall–Kier alpha value is -1.29. The molecule has 0 aromatic carbocycles. The standard InChI is InChI=1S/C41H67FN4O4/c1-27-7-14-41(49-26-27)28(2)38-35(50-41)24-34-32-6-5-29-23-30(8-12-39(29,3)33(32)9-13-40(34,38)4)43-36(47)25-37(48)46-21-19-45(20-22-46)31-10-16-44(17-11-31)18-15-42/h27-35,38H,5-26H2,1-4H3,(H,43,47)/t27-,28+,29-,30+,32-,33?,34+,35+,38+,39+,40+,41-/m1/s1. The van der Waals surface area contributed by atoms with Gasteiger partial charge in [-0.25, -0.2) is 4.39 Å². The fraction of sp³-hybridized carbons (Fsp3) is 0.951. The molecular formula is C41H67FN4O4. The van der Waals surface area contributed by atoms with Gasteiger partial charge < -0.3 is 24.6 Å². The third-order valence-electron chi connectivity index (χ3n) is 16.8. The highest BCUT2D eigenvalue weighted by Gasteiger charge is 2.69. The number of carbonyl (C=O) groups excluding carboxylic acids is 2. The molecule has 8 rings (SSSR count). The number of halogens is 1. The molecular weight excluding hydrogens is 631 g/mol. The fourth-order valence-corrected chi connectivity index (χ4v) is 13.9. The van der Waals surface area contributed by atoms with E-state index in [0.717, 1.165) is 82.6 Å². The number of piperazine rings is 1. The van der Waals surface area contributed by atoms with Gasteiger partial charge >= 0.3 is 0 Å². The molecule has 4 heterocycles. The second-order valence-electron chi connectivity index (χ2n) is 19.1. The molecule has 1 spiro atoms. The van der Waals surface area contributed by atoms with Crippen LogP contribution in [0.1, 0.15) is 111 Å². The van der Waals surface area contributed by atoms with Crippen LogP contribution in [0.15, 0.2) is 0 Å². The van der Waals surface area contributed by atoms with Crippen LogP contribution in [0.5, 0.6) is 0 Å². The summed E-state index contributed by atoms with van der Waals surface area (Å²) in [4.78, 5) is 33.0. The molecule has 282 valence electrons. The van der Waals surface area contributed by atoms with Gasteiger partial charge in [0.05, 0.1) is 12.7 Å². The summed E-state index contributed by atoms with van der Waals surface area (Å²) in [5, 5.41) is 3.34. The first kappa shape index (κ1) is 35.7. The number of nitrogens with zero attached hydrogens (tertiary/aromatic N) is 3. The second kappa shape index (κ2) is 13.8. The third-order valence-corrected chi connectivity index (χ3v) is 16.8. The quantitative estimate of drug-likeness (QED) is 0.349. The Morgan fingerprint density at radius 2 is 1.60 bits per heavy atom. The Balaban J connectivity index is 0.812. The highest BCUT2D eigenvalue weighted by Crippen LogP contribution is 2.71. The Morgan fingerprint density at radius 3 is 2.32 bits per heavy atom. The van der Waals surface area contributed by atoms with Crippen molar-refractivity contribution in [2.24, 2.45) is 52.3 Å². The van der Waals surface area contributed by atoms with Crippen LogP contribution in [0.4, 0.5) is 4.39 Å². The molecule has 0 aromatic rings. The molecule has 50 heavy (non-hydrogen) atoms. The van der Waals surface area contributed by atoms with Crippen molar-refractivity contribution in [2.75, 3.05) is 59.1 Å². The minimum atomic E-state index is -0.338. The van der Waals surface area contributed by atoms with E-state index in [1.165, 1.54) is 44.9 Å². The SMILES string of the molecule is C[C@@H]1CC[C@@]2(OC1)O[C@H]1C[C@H]3[C@@H]4CC[C@@H]5C[C@@H](NC(=O)CC(=O)N6CCN(C7CCN(CCF)CC7)CC6)CC[C@]5(C)C4CC[C@]3(C)[C@H]1[C@@H]2C. The van der Waals surface area contributed by atoms with Gasteiger partial charge in [0.15, 0.2) is 5.79 Å². The van der Waals surface area contributed by atoms with Gasteiger partial charge in [-0.1, -0.05) is 27.7 Å². The molecule has 2 amide bonds. The Kier molecular flexibility index (Phi) is 9.89. The number of ether oxygens (including phenoxy) is 2. The Labute approximate surface area is 301 Å². The van der Waals surface area contributed by atoms with Gasteiger partial charge in [0, 0.05) is 57.1 Å². The van der Waals surface area contributed by atoms with Crippen LogP contribution in [0.2, 0.25) is 0 Å². The van der Waals surface area contributed by atoms with Crippen LogP contribution in [-0.2, 0) is 19.1 Å². The van der Waals surface area contributed by atoms with E-state index in [2.05, 4.69) is 42.8 Å². The number of rotatable bonds is 6. The minimum Gasteiger partial charge on any atom is -0.353 e. The maximum atomic E-state index is 13.2. The molecule has 1 N–H and O–H groups in total. The summed E-state index contributed by atoms with van der Waals surface area (Å²) < 4.78 is 26.3. The van der Waals surface area contributed by atoms with Crippen LogP contribution < -0.4 is 5.32 Å². The predicted octanol–water partition coefficient (Wildman–Crippen LogP) is 5.89. The van der Waals surface area contributed by atoms with Gasteiger partial charge in [-0.05, 0) is 130 Å². The first-order valence-corrected chi connectivity index (χ1v) is 20.9. The molecule has 8 nitrogen and oxygen atoms in total. The lowest BCUT2D eigenvalue weighted by Gasteiger charge is -2.61. The van der Waals surface area contributed by atoms with E-state index in [-0.39, 0.29) is 36.7 Å². The molecule has 8 aliphatic rings. The number of hydrogen-bond donors (Lipinski definition) is 1. The van der Waals surface area contributed by atoms with E-state index in [9.17, 15) is 14.0 Å². The minimum absolute atomic E-state index is 0.0264. The van der Waals surface area contributed by atoms with Crippen LogP contribution in [0, 0.1) is 52.3 Å². The van der Waals surface area contributed by atoms with E-state index < -0.39 is 0 Å². The van der Waals surface area contributed by atoms with E-state index in [1.807, 2.05) is 4.90 Å². The third kappa shape index (κ3) is 6.18. The van der Waals surface area contributed by atoms with Crippen LogP contribution in [0.3, 0.4) is 0 Å². The maximum Gasteiger partial charge on any atom is 0.232 e. The molecule has 0 radical (unpaired) electrons. The van der Waals surface area contributed by atoms with Crippen molar-refractivity contribution in [3.8, 4) is 0 Å². The summed E-state index contributed by atoms with van der Waals surface area (Å²) in [6.07, 6.45) is 14.5. The number of alkyl halides is 1. The Bertz CT molecular complexity index is 1240. The average molecular weight is 699 g/mol. The highest BCUT2D eigenvalue weighted by molar-refractivity contribution is 5.97. The number of likely N-dealkylation sites (tertiary alicyclic amines) is 1. The van der Waals surface area contributed by atoms with E-state index in [1.54, 1.807) is 0 Å². The lowest BCUT2D eigenvalue weighted by Crippen LogP contribution is -2.56. The normalized spacial score (nSPS) is 47.0. The fourth-order valence-electron chi connectivity index (χ4n) is 13.9. The van der Waals surface area contributed by atoms with Crippen molar-refractivity contribution in [1.82, 2.24) is 20.0 Å². The van der Waals surface area contributed by atoms with Crippen molar-refractivity contribution in [2.45, 2.75) is 135 Å². The highest BCUT2D eigenvalue weighted by atomic mass is 19.1. The molecule has 12 atom stereocenters. The molecule has 4 aliphatic heterocycles. The van der Waals surface area contributed by atoms with E-state index in [0.29, 0.717) is 66.3 Å². The maximum absolute atomic E-state index is 13.2. The lowest BCUT2D eigenvalue weighted by atomic mass is 9.44. The number of nitrogens with one attached hydrogen (secondary N) is 1. The smallest absolute Gasteiger partial charge is 0.232 e. The average Bonchev–Trinajstić information content (AvgIpc) is 3.56. The predicted molar refractivity (Wildman–Crippen MR) is 192 cm³/mol. The van der Waals surface area contributed by atoms with Crippen LogP contribution in [-0.4, -0.2) is 110 Å². The van der Waals surface area contributed by atoms with Crippen LogP contribution >= 0.6 is 0 Å². The second-order valence-corrected chi connectivity index (χ2v) is 19.1. The van der Waals surface area contributed by atoms with E-state index >= 15 is 0 Å². The lowest BCUT2D eigenvalue weighted by molar-refractivity contribution is -0.273. The number of hydrogen-bond acceptors (Lipinski definition) is 6. The zero-order chi connectivity index (χ0) is 34.8. The van der Waals surface area contributed by atoms with E-state index in [4.69, 9.17) is 9.47 Å². The van der Waals surface area contributed by atoms with Gasteiger partial charge in [-0.15, -0.1) is 0 Å². The van der Waals surface area contributed by atoms with Crippen molar-refractivity contribution in [3.63, 3.8) is 0 Å². The van der Waals surface area contributed by atoms with Crippen molar-refractivity contribution >= 4 is 11.8 Å². The number of piperidine rings is 1. The summed E-state index contributed by atoms with van der Waals surface area (Å²) >= 11 is 0. The zero-order valence-electron chi connectivity index (χ0n) is 31.7. The number of fused-ring (bicyclic) bond motifs is 7. The van der Waals surface area contributed by atoms with Gasteiger partial charge in [0.2, 0.25) is 11.8 Å². The summed E-state index contributed by atoms with van der Waals surface area (Å²) in [6.45, 7) is 16.2. The molecule has 8 fully saturated rings. The summed E-state index contributed by atoms with van der Waals surface area (Å²) in [5.41, 5.74) is 0.697. The first-order chi connectivity index (χ1) is 24.0.